The Bertz CT molecular complexity index is 345. The largest absolute Gasteiger partial charge is 0.768 e. The molecule has 1 aromatic rings. The molecule has 1 atom stereocenters. The van der Waals surface area contributed by atoms with Crippen LogP contribution in [0, 0.1) is 5.82 Å². The van der Waals surface area contributed by atoms with E-state index in [1.165, 1.54) is 0 Å². The molecule has 0 heterocycles. The summed E-state index contributed by atoms with van der Waals surface area (Å²) in [6.45, 7) is 0. The summed E-state index contributed by atoms with van der Waals surface area (Å²) in [5.41, 5.74) is 0. The predicted molar refractivity (Wildman–Crippen MR) is 46.3 cm³/mol. The minimum atomic E-state index is -2.57. The van der Waals surface area contributed by atoms with Crippen LogP contribution in [0.5, 0.6) is 0 Å². The van der Waals surface area contributed by atoms with E-state index in [1.54, 1.807) is 0 Å². The second-order valence-corrected chi connectivity index (χ2v) is 4.10. The highest BCUT2D eigenvalue weighted by Gasteiger charge is 2.06. The molecular weight excluding hydrogens is 270 g/mol. The Kier molecular flexibility index (Phi) is 3.22. The quantitative estimate of drug-likeness (QED) is 0.582. The minimum Gasteiger partial charge on any atom is -0.768 e. The second kappa shape index (κ2) is 3.83. The van der Waals surface area contributed by atoms with Gasteiger partial charge in [0.1, 0.15) is 5.82 Å². The van der Waals surface area contributed by atoms with E-state index in [0.717, 1.165) is 12.1 Å². The van der Waals surface area contributed by atoms with Crippen LogP contribution in [-0.2, 0) is 11.1 Å². The van der Waals surface area contributed by atoms with E-state index in [1.807, 2.05) is 0 Å². The maximum atomic E-state index is 12.8. The van der Waals surface area contributed by atoms with Gasteiger partial charge in [0.25, 0.3) is 0 Å². The van der Waals surface area contributed by atoms with Crippen molar-refractivity contribution in [2.75, 3.05) is 0 Å². The summed E-state index contributed by atoms with van der Waals surface area (Å²) in [6, 6.07) is 2.05. The van der Waals surface area contributed by atoms with Gasteiger partial charge in [-0.2, -0.15) is 0 Å². The van der Waals surface area contributed by atoms with Crippen molar-refractivity contribution >= 4 is 38.6 Å². The lowest BCUT2D eigenvalue weighted by molar-refractivity contribution is 0.523. The van der Waals surface area contributed by atoms with Gasteiger partial charge in [0, 0.05) is 4.47 Å². The summed E-state index contributed by atoms with van der Waals surface area (Å²) in [6.07, 6.45) is 0. The molecule has 2 nitrogen and oxygen atoms in total. The van der Waals surface area contributed by atoms with Crippen LogP contribution in [0.2, 0.25) is 5.02 Å². The van der Waals surface area contributed by atoms with Crippen molar-refractivity contribution in [2.24, 2.45) is 0 Å². The molecule has 0 saturated heterocycles. The summed E-state index contributed by atoms with van der Waals surface area (Å²) in [7, 11) is 0. The average Bonchev–Trinajstić information content (AvgIpc) is 1.96. The van der Waals surface area contributed by atoms with Crippen molar-refractivity contribution < 1.29 is 13.2 Å². The number of hydrogen-bond acceptors (Lipinski definition) is 2. The van der Waals surface area contributed by atoms with Crippen LogP contribution in [0.4, 0.5) is 4.39 Å². The zero-order valence-electron chi connectivity index (χ0n) is 5.51. The van der Waals surface area contributed by atoms with E-state index >= 15 is 0 Å². The van der Waals surface area contributed by atoms with E-state index in [2.05, 4.69) is 15.9 Å². The van der Waals surface area contributed by atoms with Gasteiger partial charge in [-0.05, 0) is 39.1 Å². The zero-order chi connectivity index (χ0) is 9.30. The number of hydrogen-bond donors (Lipinski definition) is 0. The molecule has 0 aromatic heterocycles. The van der Waals surface area contributed by atoms with Crippen LogP contribution >= 0.6 is 27.5 Å². The van der Waals surface area contributed by atoms with Crippen LogP contribution in [-0.4, -0.2) is 8.76 Å². The maximum absolute atomic E-state index is 12.8. The second-order valence-electron chi connectivity index (χ2n) is 1.93. The first kappa shape index (κ1) is 10.1. The van der Waals surface area contributed by atoms with Crippen molar-refractivity contribution in [3.63, 3.8) is 0 Å². The maximum Gasteiger partial charge on any atom is 0.139 e. The fraction of sp³-hybridized carbons (Fsp3) is 0. The minimum absolute atomic E-state index is 0.140. The Balaban J connectivity index is 3.33. The lowest BCUT2D eigenvalue weighted by atomic mass is 10.3. The lowest BCUT2D eigenvalue weighted by Crippen LogP contribution is -1.93. The highest BCUT2D eigenvalue weighted by Crippen LogP contribution is 2.26. The van der Waals surface area contributed by atoms with E-state index < -0.39 is 21.8 Å². The molecule has 12 heavy (non-hydrogen) atoms. The fourth-order valence-electron chi connectivity index (χ4n) is 0.632. The highest BCUT2D eigenvalue weighted by molar-refractivity contribution is 9.10. The number of benzene rings is 1. The topological polar surface area (TPSA) is 40.1 Å². The van der Waals surface area contributed by atoms with Gasteiger partial charge >= 0.3 is 0 Å². The Morgan fingerprint density at radius 1 is 1.58 bits per heavy atom. The first-order chi connectivity index (χ1) is 5.52. The number of halogens is 3. The average molecular weight is 273 g/mol. The standard InChI is InChI=1S/C6H3BrClFO2S/c7-3-1-6(12(10)11)5(9)2-4(3)8/h1-2H,(H,10,11)/p-1. The first-order valence-corrected chi connectivity index (χ1v) is 5.00. The molecule has 0 bridgehead atoms. The molecule has 66 valence electrons. The summed E-state index contributed by atoms with van der Waals surface area (Å²) < 4.78 is 33.9. The smallest absolute Gasteiger partial charge is 0.139 e. The van der Waals surface area contributed by atoms with Crippen LogP contribution in [0.15, 0.2) is 21.5 Å². The third-order valence-electron chi connectivity index (χ3n) is 1.15. The van der Waals surface area contributed by atoms with Crippen molar-refractivity contribution in [1.29, 1.82) is 0 Å². The molecule has 0 aliphatic carbocycles. The molecule has 0 aliphatic heterocycles. The number of rotatable bonds is 1. The van der Waals surface area contributed by atoms with Gasteiger partial charge in [-0.25, -0.2) is 4.39 Å². The van der Waals surface area contributed by atoms with Gasteiger partial charge in [-0.15, -0.1) is 0 Å². The Morgan fingerprint density at radius 2 is 2.17 bits per heavy atom. The summed E-state index contributed by atoms with van der Waals surface area (Å²) >= 11 is 5.91. The first-order valence-electron chi connectivity index (χ1n) is 2.76. The van der Waals surface area contributed by atoms with Crippen molar-refractivity contribution in [1.82, 2.24) is 0 Å². The molecule has 0 radical (unpaired) electrons. The normalized spacial score (nSPS) is 13.0. The van der Waals surface area contributed by atoms with Gasteiger partial charge in [0.05, 0.1) is 9.92 Å². The fourth-order valence-corrected chi connectivity index (χ4v) is 1.71. The molecular formula is C6H2BrClFO2S-. The van der Waals surface area contributed by atoms with E-state index in [-0.39, 0.29) is 5.02 Å². The van der Waals surface area contributed by atoms with Gasteiger partial charge in [0.2, 0.25) is 0 Å². The van der Waals surface area contributed by atoms with E-state index in [9.17, 15) is 13.2 Å². The monoisotopic (exact) mass is 271 g/mol. The molecule has 0 saturated carbocycles. The summed E-state index contributed by atoms with van der Waals surface area (Å²) in [5, 5.41) is 0.140. The zero-order valence-corrected chi connectivity index (χ0v) is 8.67. The Labute approximate surface area is 84.1 Å². The predicted octanol–water partition coefficient (Wildman–Crippen LogP) is 2.48. The molecule has 1 aromatic carbocycles. The Morgan fingerprint density at radius 3 is 2.67 bits per heavy atom. The molecule has 0 N–H and O–H groups in total. The molecule has 6 heteroatoms. The van der Waals surface area contributed by atoms with Gasteiger partial charge in [-0.1, -0.05) is 11.6 Å². The summed E-state index contributed by atoms with van der Waals surface area (Å²) in [4.78, 5) is -0.397. The van der Waals surface area contributed by atoms with Crippen LogP contribution in [0.25, 0.3) is 0 Å². The molecule has 1 unspecified atom stereocenters. The van der Waals surface area contributed by atoms with Gasteiger partial charge in [-0.3, -0.25) is 4.21 Å². The van der Waals surface area contributed by atoms with Crippen molar-refractivity contribution in [3.05, 3.63) is 27.4 Å². The van der Waals surface area contributed by atoms with Crippen molar-refractivity contribution in [2.45, 2.75) is 4.90 Å². The lowest BCUT2D eigenvalue weighted by Gasteiger charge is -2.07. The summed E-state index contributed by atoms with van der Waals surface area (Å²) in [5.74, 6) is -0.850. The van der Waals surface area contributed by atoms with Crippen LogP contribution in [0.1, 0.15) is 0 Å². The van der Waals surface area contributed by atoms with Crippen LogP contribution < -0.4 is 0 Å². The molecule has 0 amide bonds. The van der Waals surface area contributed by atoms with Gasteiger partial charge in [0.15, 0.2) is 0 Å². The van der Waals surface area contributed by atoms with Crippen molar-refractivity contribution in [3.8, 4) is 0 Å². The highest BCUT2D eigenvalue weighted by atomic mass is 79.9. The molecule has 0 aliphatic rings. The van der Waals surface area contributed by atoms with Crippen LogP contribution in [0.3, 0.4) is 0 Å². The molecule has 1 rings (SSSR count). The Hall–Kier alpha value is 0.0300. The van der Waals surface area contributed by atoms with E-state index in [0.29, 0.717) is 4.47 Å². The molecule has 0 fully saturated rings. The third-order valence-corrected chi connectivity index (χ3v) is 3.02. The molecule has 0 spiro atoms. The van der Waals surface area contributed by atoms with E-state index in [4.69, 9.17) is 11.6 Å². The SMILES string of the molecule is O=S([O-])c1cc(Br)c(Cl)cc1F. The van der Waals surface area contributed by atoms with Gasteiger partial charge < -0.3 is 4.55 Å². The third kappa shape index (κ3) is 2.04.